The topological polar surface area (TPSA) is 52.5 Å². The summed E-state index contributed by atoms with van der Waals surface area (Å²) in [6.07, 6.45) is 5.29. The van der Waals surface area contributed by atoms with E-state index in [9.17, 15) is 0 Å². The molecule has 22 heavy (non-hydrogen) atoms. The second kappa shape index (κ2) is 9.41. The van der Waals surface area contributed by atoms with Gasteiger partial charge in [0.2, 0.25) is 0 Å². The number of nitrogens with zero attached hydrogens (tertiary/aromatic N) is 3. The molecule has 2 N–H and O–H groups in total. The van der Waals surface area contributed by atoms with Crippen LogP contribution < -0.4 is 10.6 Å². The maximum Gasteiger partial charge on any atom is 0.190 e. The first-order valence-corrected chi connectivity index (χ1v) is 8.38. The largest absolute Gasteiger partial charge is 0.356 e. The van der Waals surface area contributed by atoms with E-state index in [-0.39, 0.29) is 0 Å². The van der Waals surface area contributed by atoms with Crippen LogP contribution in [0.1, 0.15) is 25.5 Å². The van der Waals surface area contributed by atoms with Gasteiger partial charge in [-0.15, -0.1) is 0 Å². The average Bonchev–Trinajstić information content (AvgIpc) is 3.00. The van der Waals surface area contributed by atoms with Gasteiger partial charge in [0.1, 0.15) is 0 Å². The molecule has 0 aromatic carbocycles. The molecule has 0 spiro atoms. The van der Waals surface area contributed by atoms with Crippen LogP contribution in [0.15, 0.2) is 29.4 Å². The quantitative estimate of drug-likeness (QED) is 0.592. The van der Waals surface area contributed by atoms with Crippen molar-refractivity contribution in [3.05, 3.63) is 30.1 Å². The highest BCUT2D eigenvalue weighted by atomic mass is 15.2. The van der Waals surface area contributed by atoms with Gasteiger partial charge < -0.3 is 15.5 Å². The molecule has 1 aliphatic heterocycles. The first-order valence-electron chi connectivity index (χ1n) is 8.38. The van der Waals surface area contributed by atoms with E-state index in [1.807, 2.05) is 25.4 Å². The summed E-state index contributed by atoms with van der Waals surface area (Å²) < 4.78 is 0. The molecule has 1 aromatic rings. The van der Waals surface area contributed by atoms with Crippen LogP contribution in [0.5, 0.6) is 0 Å². The van der Waals surface area contributed by atoms with E-state index in [1.54, 1.807) is 0 Å². The molecular formula is C17H29N5. The molecule has 1 unspecified atom stereocenters. The highest BCUT2D eigenvalue weighted by molar-refractivity contribution is 5.79. The number of nitrogens with one attached hydrogen (secondary N) is 2. The summed E-state index contributed by atoms with van der Waals surface area (Å²) in [4.78, 5) is 11.2. The lowest BCUT2D eigenvalue weighted by molar-refractivity contribution is 0.324. The van der Waals surface area contributed by atoms with Gasteiger partial charge in [0.15, 0.2) is 5.96 Å². The highest BCUT2D eigenvalue weighted by Gasteiger charge is 2.21. The Morgan fingerprint density at radius 3 is 3.05 bits per heavy atom. The molecule has 0 radical (unpaired) electrons. The van der Waals surface area contributed by atoms with Crippen molar-refractivity contribution in [3.8, 4) is 0 Å². The van der Waals surface area contributed by atoms with Gasteiger partial charge in [-0.05, 0) is 44.0 Å². The normalized spacial score (nSPS) is 19.4. The lowest BCUT2D eigenvalue weighted by atomic mass is 10.1. The van der Waals surface area contributed by atoms with Crippen molar-refractivity contribution in [1.82, 2.24) is 20.5 Å². The Morgan fingerprint density at radius 1 is 1.41 bits per heavy atom. The van der Waals surface area contributed by atoms with Gasteiger partial charge in [-0.3, -0.25) is 9.98 Å². The Kier molecular flexibility index (Phi) is 7.16. The highest BCUT2D eigenvalue weighted by Crippen LogP contribution is 2.15. The fraction of sp³-hybridized carbons (Fsp3) is 0.647. The first-order chi connectivity index (χ1) is 10.8. The number of rotatable bonds is 7. The Hall–Kier alpha value is -1.62. The van der Waals surface area contributed by atoms with Crippen LogP contribution in [0.4, 0.5) is 0 Å². The zero-order valence-electron chi connectivity index (χ0n) is 13.9. The van der Waals surface area contributed by atoms with Crippen LogP contribution in [0.3, 0.4) is 0 Å². The van der Waals surface area contributed by atoms with Crippen molar-refractivity contribution in [3.63, 3.8) is 0 Å². The van der Waals surface area contributed by atoms with Crippen LogP contribution in [0, 0.1) is 5.92 Å². The van der Waals surface area contributed by atoms with Gasteiger partial charge in [-0.25, -0.2) is 0 Å². The summed E-state index contributed by atoms with van der Waals surface area (Å²) in [5.74, 6) is 1.63. The van der Waals surface area contributed by atoms with Gasteiger partial charge in [-0.1, -0.05) is 13.0 Å². The molecule has 5 nitrogen and oxygen atoms in total. The van der Waals surface area contributed by atoms with Gasteiger partial charge in [0.05, 0.1) is 0 Å². The number of guanidine groups is 1. The SMILES string of the molecule is CCCN1CCC(CNC(=NC)NCCc2ccccn2)C1. The second-order valence-corrected chi connectivity index (χ2v) is 5.91. The predicted molar refractivity (Wildman–Crippen MR) is 92.1 cm³/mol. The lowest BCUT2D eigenvalue weighted by Crippen LogP contribution is -2.41. The molecule has 0 saturated carbocycles. The Labute approximate surface area is 134 Å². The van der Waals surface area contributed by atoms with Gasteiger partial charge in [-0.2, -0.15) is 0 Å². The third-order valence-corrected chi connectivity index (χ3v) is 4.09. The summed E-state index contributed by atoms with van der Waals surface area (Å²) in [6.45, 7) is 7.79. The standard InChI is InChI=1S/C17H29N5/c1-3-11-22-12-8-15(14-22)13-21-17(18-2)20-10-7-16-6-4-5-9-19-16/h4-6,9,15H,3,7-8,10-14H2,1-2H3,(H2,18,20,21). The Morgan fingerprint density at radius 2 is 2.32 bits per heavy atom. The van der Waals surface area contributed by atoms with Crippen molar-refractivity contribution in [2.75, 3.05) is 39.8 Å². The molecule has 1 aliphatic rings. The molecule has 1 aromatic heterocycles. The fourth-order valence-corrected chi connectivity index (χ4v) is 2.92. The molecule has 5 heteroatoms. The molecule has 1 saturated heterocycles. The minimum absolute atomic E-state index is 0.737. The Balaban J connectivity index is 1.63. The third-order valence-electron chi connectivity index (χ3n) is 4.09. The monoisotopic (exact) mass is 303 g/mol. The van der Waals surface area contributed by atoms with Gasteiger partial charge in [0.25, 0.3) is 0 Å². The molecule has 1 atom stereocenters. The van der Waals surface area contributed by atoms with Crippen molar-refractivity contribution in [1.29, 1.82) is 0 Å². The molecule has 0 amide bonds. The molecule has 2 rings (SSSR count). The van der Waals surface area contributed by atoms with E-state index >= 15 is 0 Å². The van der Waals surface area contributed by atoms with Crippen LogP contribution in [0.2, 0.25) is 0 Å². The van der Waals surface area contributed by atoms with Crippen molar-refractivity contribution < 1.29 is 0 Å². The van der Waals surface area contributed by atoms with Crippen LogP contribution >= 0.6 is 0 Å². The van der Waals surface area contributed by atoms with E-state index in [0.29, 0.717) is 0 Å². The summed E-state index contributed by atoms with van der Waals surface area (Å²) >= 11 is 0. The van der Waals surface area contributed by atoms with Crippen molar-refractivity contribution in [2.45, 2.75) is 26.2 Å². The van der Waals surface area contributed by atoms with E-state index in [2.05, 4.69) is 38.5 Å². The molecular weight excluding hydrogens is 274 g/mol. The summed E-state index contributed by atoms with van der Waals surface area (Å²) in [7, 11) is 1.83. The summed E-state index contributed by atoms with van der Waals surface area (Å²) in [5.41, 5.74) is 1.11. The zero-order valence-corrected chi connectivity index (χ0v) is 13.9. The molecule has 0 bridgehead atoms. The number of pyridine rings is 1. The van der Waals surface area contributed by atoms with Crippen LogP contribution in [0.25, 0.3) is 0 Å². The predicted octanol–water partition coefficient (Wildman–Crippen LogP) is 1.52. The van der Waals surface area contributed by atoms with E-state index < -0.39 is 0 Å². The number of hydrogen-bond donors (Lipinski definition) is 2. The Bertz CT molecular complexity index is 446. The average molecular weight is 303 g/mol. The number of likely N-dealkylation sites (tertiary alicyclic amines) is 1. The number of hydrogen-bond acceptors (Lipinski definition) is 3. The van der Waals surface area contributed by atoms with Crippen LogP contribution in [-0.2, 0) is 6.42 Å². The van der Waals surface area contributed by atoms with Crippen LogP contribution in [-0.4, -0.2) is 55.6 Å². The second-order valence-electron chi connectivity index (χ2n) is 5.91. The molecule has 1 fully saturated rings. The lowest BCUT2D eigenvalue weighted by Gasteiger charge is -2.17. The van der Waals surface area contributed by atoms with Gasteiger partial charge >= 0.3 is 0 Å². The minimum Gasteiger partial charge on any atom is -0.356 e. The van der Waals surface area contributed by atoms with E-state index in [0.717, 1.165) is 37.1 Å². The maximum absolute atomic E-state index is 4.33. The maximum atomic E-state index is 4.33. The van der Waals surface area contributed by atoms with Crippen molar-refractivity contribution in [2.24, 2.45) is 10.9 Å². The number of aromatic nitrogens is 1. The summed E-state index contributed by atoms with van der Waals surface area (Å²) in [6, 6.07) is 6.02. The molecule has 0 aliphatic carbocycles. The summed E-state index contributed by atoms with van der Waals surface area (Å²) in [5, 5.41) is 6.82. The fourth-order valence-electron chi connectivity index (χ4n) is 2.92. The zero-order chi connectivity index (χ0) is 15.6. The van der Waals surface area contributed by atoms with E-state index in [4.69, 9.17) is 0 Å². The van der Waals surface area contributed by atoms with E-state index in [1.165, 1.54) is 32.5 Å². The first kappa shape index (κ1) is 16.7. The van der Waals surface area contributed by atoms with Gasteiger partial charge in [0, 0.05) is 45.0 Å². The smallest absolute Gasteiger partial charge is 0.190 e. The van der Waals surface area contributed by atoms with Crippen molar-refractivity contribution >= 4 is 5.96 Å². The molecule has 122 valence electrons. The minimum atomic E-state index is 0.737. The molecule has 2 heterocycles. The third kappa shape index (κ3) is 5.64. The number of aliphatic imine (C=N–C) groups is 1.